The lowest BCUT2D eigenvalue weighted by Gasteiger charge is -2.23. The minimum absolute atomic E-state index is 0.0478. The molecule has 2 nitrogen and oxygen atoms in total. The predicted octanol–water partition coefficient (Wildman–Crippen LogP) is 2.36. The number of carbonyl (C=O) groups excluding carboxylic acids is 1. The van der Waals surface area contributed by atoms with Gasteiger partial charge in [-0.05, 0) is 13.8 Å². The Bertz CT molecular complexity index is 141. The lowest BCUT2D eigenvalue weighted by molar-refractivity contribution is -0.158. The molecule has 0 fully saturated rings. The quantitative estimate of drug-likeness (QED) is 0.542. The van der Waals surface area contributed by atoms with Crippen LogP contribution in [0.1, 0.15) is 27.7 Å². The van der Waals surface area contributed by atoms with Gasteiger partial charge in [-0.25, -0.2) is 0 Å². The van der Waals surface area contributed by atoms with Crippen molar-refractivity contribution in [3.8, 4) is 0 Å². The monoisotopic (exact) mass is 222 g/mol. The zero-order valence-corrected chi connectivity index (χ0v) is 9.06. The molecule has 11 heavy (non-hydrogen) atoms. The second-order valence-corrected chi connectivity index (χ2v) is 4.03. The molecule has 0 radical (unpaired) electrons. The zero-order chi connectivity index (χ0) is 9.07. The van der Waals surface area contributed by atoms with Crippen LogP contribution < -0.4 is 0 Å². The van der Waals surface area contributed by atoms with Gasteiger partial charge in [-0.1, -0.05) is 29.8 Å². The van der Waals surface area contributed by atoms with Gasteiger partial charge in [0.15, 0.2) is 0 Å². The van der Waals surface area contributed by atoms with Gasteiger partial charge in [0, 0.05) is 5.33 Å². The first-order valence-electron chi connectivity index (χ1n) is 3.68. The molecule has 0 aliphatic carbocycles. The average molecular weight is 223 g/mol. The second-order valence-electron chi connectivity index (χ2n) is 3.47. The number of ether oxygens (including phenoxy) is 1. The fraction of sp³-hybridized carbons (Fsp3) is 0.875. The molecule has 0 aliphatic rings. The van der Waals surface area contributed by atoms with Crippen LogP contribution in [0.4, 0.5) is 0 Å². The lowest BCUT2D eigenvalue weighted by atomic mass is 10.1. The predicted molar refractivity (Wildman–Crippen MR) is 48.8 cm³/mol. The molecule has 0 rings (SSSR count). The van der Waals surface area contributed by atoms with Crippen molar-refractivity contribution in [3.05, 3.63) is 0 Å². The molecule has 0 bridgehead atoms. The Labute approximate surface area is 76.4 Å². The fourth-order valence-corrected chi connectivity index (χ4v) is 0.532. The number of carbonyl (C=O) groups is 1. The number of esters is 1. The van der Waals surface area contributed by atoms with E-state index in [2.05, 4.69) is 15.9 Å². The summed E-state index contributed by atoms with van der Waals surface area (Å²) in [7, 11) is 0. The minimum Gasteiger partial charge on any atom is -0.459 e. The molecular formula is C8H15BrO2. The Morgan fingerprint density at radius 3 is 2.27 bits per heavy atom. The van der Waals surface area contributed by atoms with Gasteiger partial charge >= 0.3 is 5.97 Å². The topological polar surface area (TPSA) is 26.3 Å². The third-order valence-corrected chi connectivity index (χ3v) is 2.52. The van der Waals surface area contributed by atoms with Crippen LogP contribution in [0.25, 0.3) is 0 Å². The van der Waals surface area contributed by atoms with Gasteiger partial charge in [0.25, 0.3) is 0 Å². The highest BCUT2D eigenvalue weighted by Crippen LogP contribution is 2.14. The number of hydrogen-bond donors (Lipinski definition) is 0. The number of halogens is 1. The maximum atomic E-state index is 11.1. The maximum absolute atomic E-state index is 11.1. The maximum Gasteiger partial charge on any atom is 0.308 e. The molecule has 0 aliphatic heterocycles. The van der Waals surface area contributed by atoms with E-state index in [4.69, 9.17) is 4.74 Å². The van der Waals surface area contributed by atoms with Crippen molar-refractivity contribution in [2.45, 2.75) is 33.3 Å². The highest BCUT2D eigenvalue weighted by molar-refractivity contribution is 9.09. The highest BCUT2D eigenvalue weighted by Gasteiger charge is 2.22. The summed E-state index contributed by atoms with van der Waals surface area (Å²) < 4.78 is 5.16. The lowest BCUT2D eigenvalue weighted by Crippen LogP contribution is -2.31. The first-order chi connectivity index (χ1) is 4.89. The van der Waals surface area contributed by atoms with E-state index in [9.17, 15) is 4.79 Å². The molecule has 0 N–H and O–H groups in total. The molecule has 66 valence electrons. The number of hydrogen-bond acceptors (Lipinski definition) is 2. The second kappa shape index (κ2) is 4.10. The van der Waals surface area contributed by atoms with Crippen LogP contribution in [-0.2, 0) is 9.53 Å². The van der Waals surface area contributed by atoms with Gasteiger partial charge in [-0.3, -0.25) is 4.79 Å². The van der Waals surface area contributed by atoms with Crippen LogP contribution in [0, 0.1) is 5.92 Å². The molecule has 0 saturated heterocycles. The van der Waals surface area contributed by atoms with Crippen molar-refractivity contribution < 1.29 is 9.53 Å². The van der Waals surface area contributed by atoms with Crippen LogP contribution >= 0.6 is 15.9 Å². The summed E-state index contributed by atoms with van der Waals surface area (Å²) in [6.45, 7) is 7.41. The molecule has 0 heterocycles. The Morgan fingerprint density at radius 1 is 1.55 bits per heavy atom. The van der Waals surface area contributed by atoms with E-state index in [1.54, 1.807) is 0 Å². The molecule has 0 aromatic carbocycles. The van der Waals surface area contributed by atoms with Crippen molar-refractivity contribution in [3.63, 3.8) is 0 Å². The van der Waals surface area contributed by atoms with Gasteiger partial charge < -0.3 is 4.74 Å². The van der Waals surface area contributed by atoms with Gasteiger partial charge in [0.2, 0.25) is 0 Å². The summed E-state index contributed by atoms with van der Waals surface area (Å²) >= 11 is 3.27. The average Bonchev–Trinajstić information content (AvgIpc) is 1.87. The van der Waals surface area contributed by atoms with E-state index in [0.29, 0.717) is 5.33 Å². The van der Waals surface area contributed by atoms with Crippen LogP contribution in [0.3, 0.4) is 0 Å². The molecule has 0 spiro atoms. The van der Waals surface area contributed by atoms with Gasteiger partial charge in [-0.2, -0.15) is 0 Å². The summed E-state index contributed by atoms with van der Waals surface area (Å²) in [5, 5.41) is 0.665. The molecule has 0 unspecified atom stereocenters. The third-order valence-electron chi connectivity index (χ3n) is 1.17. The van der Waals surface area contributed by atoms with E-state index in [0.717, 1.165) is 0 Å². The molecule has 0 aromatic rings. The minimum atomic E-state index is -0.388. The summed E-state index contributed by atoms with van der Waals surface area (Å²) in [6, 6.07) is 0. The summed E-state index contributed by atoms with van der Waals surface area (Å²) in [5.41, 5.74) is -0.388. The molecule has 0 aromatic heterocycles. The smallest absolute Gasteiger partial charge is 0.308 e. The third kappa shape index (κ3) is 4.40. The highest BCUT2D eigenvalue weighted by atomic mass is 79.9. The number of rotatable bonds is 3. The molecule has 3 heteroatoms. The molecule has 0 saturated carbocycles. The summed E-state index contributed by atoms with van der Waals surface area (Å²) in [4.78, 5) is 11.1. The van der Waals surface area contributed by atoms with E-state index in [-0.39, 0.29) is 17.5 Å². The van der Waals surface area contributed by atoms with Crippen molar-refractivity contribution in [1.29, 1.82) is 0 Å². The van der Waals surface area contributed by atoms with Crippen LogP contribution in [0.2, 0.25) is 0 Å². The molecule has 0 atom stereocenters. The largest absolute Gasteiger partial charge is 0.459 e. The first-order valence-corrected chi connectivity index (χ1v) is 4.80. The normalized spacial score (nSPS) is 11.8. The summed E-state index contributed by atoms with van der Waals surface area (Å²) in [6.07, 6.45) is 0. The standard InChI is InChI=1S/C8H15BrO2/c1-6(2)7(10)11-8(3,4)5-9/h6H,5H2,1-4H3. The molecular weight excluding hydrogens is 208 g/mol. The van der Waals surface area contributed by atoms with E-state index < -0.39 is 0 Å². The Hall–Kier alpha value is -0.0500. The Morgan fingerprint density at radius 2 is 2.00 bits per heavy atom. The van der Waals surface area contributed by atoms with Crippen molar-refractivity contribution in [1.82, 2.24) is 0 Å². The van der Waals surface area contributed by atoms with Crippen LogP contribution in [0.5, 0.6) is 0 Å². The van der Waals surface area contributed by atoms with E-state index >= 15 is 0 Å². The van der Waals surface area contributed by atoms with Crippen LogP contribution in [0.15, 0.2) is 0 Å². The van der Waals surface area contributed by atoms with E-state index in [1.807, 2.05) is 27.7 Å². The van der Waals surface area contributed by atoms with Crippen LogP contribution in [-0.4, -0.2) is 16.9 Å². The number of alkyl halides is 1. The Balaban J connectivity index is 3.94. The first kappa shape index (κ1) is 11.0. The van der Waals surface area contributed by atoms with E-state index in [1.165, 1.54) is 0 Å². The Kier molecular flexibility index (Phi) is 4.08. The van der Waals surface area contributed by atoms with Crippen molar-refractivity contribution in [2.24, 2.45) is 5.92 Å². The van der Waals surface area contributed by atoms with Gasteiger partial charge in [0.1, 0.15) is 5.60 Å². The van der Waals surface area contributed by atoms with Gasteiger partial charge in [-0.15, -0.1) is 0 Å². The van der Waals surface area contributed by atoms with Gasteiger partial charge in [0.05, 0.1) is 5.92 Å². The zero-order valence-electron chi connectivity index (χ0n) is 7.48. The molecule has 0 amide bonds. The summed E-state index contributed by atoms with van der Waals surface area (Å²) in [5.74, 6) is -0.192. The fourth-order valence-electron chi connectivity index (χ4n) is 0.417. The van der Waals surface area contributed by atoms with Crippen molar-refractivity contribution in [2.75, 3.05) is 5.33 Å². The SMILES string of the molecule is CC(C)C(=O)OC(C)(C)CBr. The van der Waals surface area contributed by atoms with Crippen molar-refractivity contribution >= 4 is 21.9 Å².